The van der Waals surface area contributed by atoms with Crippen molar-refractivity contribution < 1.29 is 44.7 Å². The predicted molar refractivity (Wildman–Crippen MR) is 147 cm³/mol. The molecule has 12 heteroatoms. The smallest absolute Gasteiger partial charge is 0.305 e. The van der Waals surface area contributed by atoms with Crippen LogP contribution in [0.2, 0.25) is 0 Å². The predicted octanol–water partition coefficient (Wildman–Crippen LogP) is 1.37. The van der Waals surface area contributed by atoms with Crippen molar-refractivity contribution in [1.29, 1.82) is 0 Å². The lowest BCUT2D eigenvalue weighted by Crippen LogP contribution is -2.71. The second-order valence-electron chi connectivity index (χ2n) is 10.6. The van der Waals surface area contributed by atoms with Crippen LogP contribution in [0, 0.1) is 11.8 Å². The van der Waals surface area contributed by atoms with Crippen molar-refractivity contribution in [3.8, 4) is 5.75 Å². The molecule has 7 N–H and O–H groups in total. The molecule has 11 nitrogen and oxygen atoms in total. The molecule has 1 unspecified atom stereocenters. The number of nitrogens with zero attached hydrogens (tertiary/aromatic N) is 1. The summed E-state index contributed by atoms with van der Waals surface area (Å²) in [7, 11) is 3.03. The number of rotatable bonds is 8. The highest BCUT2D eigenvalue weighted by atomic mass is 32.2. The van der Waals surface area contributed by atoms with Gasteiger partial charge in [0, 0.05) is 29.6 Å². The highest BCUT2D eigenvalue weighted by Gasteiger charge is 2.69. The summed E-state index contributed by atoms with van der Waals surface area (Å²) in [5.41, 5.74) is 2.14. The van der Waals surface area contributed by atoms with Gasteiger partial charge in [-0.25, -0.2) is 0 Å². The Labute approximate surface area is 236 Å². The highest BCUT2D eigenvalue weighted by Crippen LogP contribution is 2.57. The maximum Gasteiger partial charge on any atom is 0.305 e. The van der Waals surface area contributed by atoms with Gasteiger partial charge in [0.2, 0.25) is 5.78 Å². The number of ether oxygens (including phenoxy) is 1. The lowest BCUT2D eigenvalue weighted by molar-refractivity contribution is -0.185. The number of aromatic hydroxyl groups is 1. The van der Waals surface area contributed by atoms with Crippen molar-refractivity contribution in [3.63, 3.8) is 0 Å². The zero-order chi connectivity index (χ0) is 29.7. The van der Waals surface area contributed by atoms with Crippen LogP contribution >= 0.6 is 11.8 Å². The van der Waals surface area contributed by atoms with E-state index in [0.29, 0.717) is 11.3 Å². The number of likely N-dealkylation sites (N-methyl/N-ethyl adjacent to an activating group) is 1. The first-order valence-corrected chi connectivity index (χ1v) is 14.4. The Morgan fingerprint density at radius 3 is 2.45 bits per heavy atom. The molecule has 0 aliphatic heterocycles. The zero-order valence-corrected chi connectivity index (χ0v) is 23.6. The van der Waals surface area contributed by atoms with E-state index < -0.39 is 76.4 Å². The maximum atomic E-state index is 14.3. The van der Waals surface area contributed by atoms with Gasteiger partial charge in [0.05, 0.1) is 23.1 Å². The van der Waals surface area contributed by atoms with Gasteiger partial charge in [0.1, 0.15) is 29.6 Å². The quantitative estimate of drug-likeness (QED) is 0.148. The normalized spacial score (nSPS) is 30.6. The molecule has 0 spiro atoms. The number of ketones is 2. The number of aliphatic hydroxyl groups is 4. The number of fused-ring (bicyclic) bond motifs is 3. The second-order valence-corrected chi connectivity index (χ2v) is 11.8. The van der Waals surface area contributed by atoms with Crippen LogP contribution in [0.3, 0.4) is 0 Å². The molecular formula is C28H36N2O9S. The van der Waals surface area contributed by atoms with E-state index in [1.807, 2.05) is 6.92 Å². The van der Waals surface area contributed by atoms with Gasteiger partial charge in [-0.2, -0.15) is 11.8 Å². The van der Waals surface area contributed by atoms with Crippen LogP contribution < -0.4 is 5.73 Å². The number of nitrogens with two attached hydrogens (primary N) is 1. The number of phenolic OH excluding ortho intramolecular Hbond substituents is 1. The summed E-state index contributed by atoms with van der Waals surface area (Å²) in [5.74, 6) is -6.67. The molecule has 0 bridgehead atoms. The molecule has 1 aromatic rings. The summed E-state index contributed by atoms with van der Waals surface area (Å²) < 4.78 is 5.92. The Kier molecular flexibility index (Phi) is 8.40. The molecule has 3 aliphatic rings. The van der Waals surface area contributed by atoms with E-state index in [-0.39, 0.29) is 23.3 Å². The standard InChI is InChI=1S/C28H36N2O9S/c1-5-10-40-11-13-12-8-7-9-14(31)16(12)22(33)18-17(13)24(39-15(32)6-2)20-21(30(3)4)23(34)19(27(29)37)26(36)28(20,38)25(18)35/h7-9,13,17,20-21,24,27,31,33,36-38H,5-6,10-11,29H2,1-4H3/t13-,17+,20+,21-,24-,27?,28-/m0/s1. The molecular weight excluding hydrogens is 540 g/mol. The van der Waals surface area contributed by atoms with Gasteiger partial charge in [-0.1, -0.05) is 26.0 Å². The van der Waals surface area contributed by atoms with Gasteiger partial charge >= 0.3 is 5.97 Å². The minimum Gasteiger partial charge on any atom is -0.508 e. The lowest BCUT2D eigenvalue weighted by Gasteiger charge is -2.55. The minimum atomic E-state index is -2.89. The van der Waals surface area contributed by atoms with Crippen LogP contribution in [0.1, 0.15) is 43.7 Å². The Morgan fingerprint density at radius 2 is 1.88 bits per heavy atom. The van der Waals surface area contributed by atoms with Gasteiger partial charge in [-0.05, 0) is 37.9 Å². The fourth-order valence-electron chi connectivity index (χ4n) is 6.37. The molecule has 0 amide bonds. The van der Waals surface area contributed by atoms with Crippen LogP contribution in [-0.2, 0) is 19.1 Å². The summed E-state index contributed by atoms with van der Waals surface area (Å²) >= 11 is 1.57. The number of Topliss-reactive ketones (excluding diaryl/α,β-unsaturated/α-hetero) is 2. The number of carbonyl (C=O) groups excluding carboxylic acids is 3. The Morgan fingerprint density at radius 1 is 1.20 bits per heavy atom. The monoisotopic (exact) mass is 576 g/mol. The highest BCUT2D eigenvalue weighted by molar-refractivity contribution is 7.99. The van der Waals surface area contributed by atoms with E-state index in [1.165, 1.54) is 25.1 Å². The van der Waals surface area contributed by atoms with Gasteiger partial charge in [0.15, 0.2) is 11.4 Å². The average Bonchev–Trinajstić information content (AvgIpc) is 2.89. The number of esters is 1. The Bertz CT molecular complexity index is 1290. The number of hydrogen-bond acceptors (Lipinski definition) is 12. The van der Waals surface area contributed by atoms with Crippen molar-refractivity contribution in [2.75, 3.05) is 25.6 Å². The van der Waals surface area contributed by atoms with Crippen molar-refractivity contribution in [2.45, 2.75) is 56.6 Å². The summed E-state index contributed by atoms with van der Waals surface area (Å²) in [6.07, 6.45) is -2.60. The van der Waals surface area contributed by atoms with Crippen LogP contribution in [0.4, 0.5) is 0 Å². The van der Waals surface area contributed by atoms with E-state index in [4.69, 9.17) is 10.5 Å². The van der Waals surface area contributed by atoms with Crippen molar-refractivity contribution >= 4 is 35.1 Å². The van der Waals surface area contributed by atoms with Crippen molar-refractivity contribution in [1.82, 2.24) is 4.90 Å². The second kappa shape index (κ2) is 11.2. The van der Waals surface area contributed by atoms with Gasteiger partial charge in [0.25, 0.3) is 0 Å². The van der Waals surface area contributed by atoms with E-state index in [0.717, 1.165) is 12.2 Å². The molecule has 0 radical (unpaired) electrons. The first-order valence-electron chi connectivity index (χ1n) is 13.2. The third-order valence-electron chi connectivity index (χ3n) is 8.06. The molecule has 4 rings (SSSR count). The van der Waals surface area contributed by atoms with Crippen molar-refractivity contribution in [3.05, 3.63) is 46.2 Å². The van der Waals surface area contributed by atoms with Gasteiger partial charge in [-0.15, -0.1) is 0 Å². The van der Waals surface area contributed by atoms with E-state index >= 15 is 0 Å². The summed E-state index contributed by atoms with van der Waals surface area (Å²) in [4.78, 5) is 42.2. The molecule has 218 valence electrons. The van der Waals surface area contributed by atoms with E-state index in [2.05, 4.69) is 0 Å². The Balaban J connectivity index is 2.09. The summed E-state index contributed by atoms with van der Waals surface area (Å²) in [6.45, 7) is 3.57. The average molecular weight is 577 g/mol. The van der Waals surface area contributed by atoms with Gasteiger partial charge < -0.3 is 36.0 Å². The molecule has 3 aliphatic carbocycles. The molecule has 40 heavy (non-hydrogen) atoms. The third-order valence-corrected chi connectivity index (χ3v) is 9.35. The van der Waals surface area contributed by atoms with Crippen LogP contribution in [-0.4, -0.2) is 97.5 Å². The molecule has 1 aromatic carbocycles. The Hall–Kier alpha value is -2.90. The number of aliphatic hydroxyl groups excluding tert-OH is 3. The zero-order valence-electron chi connectivity index (χ0n) is 22.8. The number of phenols is 1. The summed E-state index contributed by atoms with van der Waals surface area (Å²) in [6, 6.07) is 3.33. The molecule has 1 saturated carbocycles. The van der Waals surface area contributed by atoms with Gasteiger partial charge in [-0.3, -0.25) is 19.3 Å². The number of carbonyl (C=O) groups is 3. The van der Waals surface area contributed by atoms with Crippen LogP contribution in [0.15, 0.2) is 35.1 Å². The lowest BCUT2D eigenvalue weighted by atomic mass is 9.54. The van der Waals surface area contributed by atoms with E-state index in [9.17, 15) is 39.9 Å². The molecule has 0 aromatic heterocycles. The number of hydrogen-bond donors (Lipinski definition) is 6. The van der Waals surface area contributed by atoms with Crippen LogP contribution in [0.25, 0.3) is 5.76 Å². The summed E-state index contributed by atoms with van der Waals surface area (Å²) in [5, 5.41) is 55.8. The fourth-order valence-corrected chi connectivity index (χ4v) is 7.47. The molecule has 1 fully saturated rings. The molecule has 0 heterocycles. The topological polar surface area (TPSA) is 191 Å². The minimum absolute atomic E-state index is 0.00501. The number of benzene rings is 1. The maximum absolute atomic E-state index is 14.3. The van der Waals surface area contributed by atoms with E-state index in [1.54, 1.807) is 30.8 Å². The fraction of sp³-hybridized carbons (Fsp3) is 0.536. The molecule has 0 saturated heterocycles. The van der Waals surface area contributed by atoms with Crippen LogP contribution in [0.5, 0.6) is 5.75 Å². The third kappa shape index (κ3) is 4.42. The largest absolute Gasteiger partial charge is 0.508 e. The first-order chi connectivity index (χ1) is 18.8. The SMILES string of the molecule is CCCSC[C@H]1c2cccc(O)c2C(O)=C2C(=O)[C@]3(O)C(O)=C(C(N)O)C(=O)[C@@H](N(C)C)[C@@H]3[C@@H](OC(=O)CC)[C@@H]21. The first kappa shape index (κ1) is 30.1. The van der Waals surface area contributed by atoms with Crippen molar-refractivity contribution in [2.24, 2.45) is 17.6 Å². The molecule has 7 atom stereocenters. The number of thioether (sulfide) groups is 1.